The lowest BCUT2D eigenvalue weighted by atomic mass is 10.4. The Morgan fingerprint density at radius 1 is 1.64 bits per heavy atom. The highest BCUT2D eigenvalue weighted by Crippen LogP contribution is 1.74. The van der Waals surface area contributed by atoms with Crippen LogP contribution in [0.1, 0.15) is 20.3 Å². The zero-order valence-corrected chi connectivity index (χ0v) is 6.98. The molecule has 0 aromatic heterocycles. The van der Waals surface area contributed by atoms with Crippen molar-refractivity contribution in [3.05, 3.63) is 12.2 Å². The van der Waals surface area contributed by atoms with Gasteiger partial charge in [-0.25, -0.2) is 0 Å². The van der Waals surface area contributed by atoms with E-state index in [1.807, 2.05) is 6.92 Å². The number of carbonyl (C=O) groups excluding carboxylic acids is 1. The lowest BCUT2D eigenvalue weighted by Crippen LogP contribution is -2.21. The number of hydrogen-bond acceptors (Lipinski definition) is 1. The van der Waals surface area contributed by atoms with E-state index in [9.17, 15) is 4.79 Å². The molecular formula is C9H13NO. The summed E-state index contributed by atoms with van der Waals surface area (Å²) < 4.78 is 0. The summed E-state index contributed by atoms with van der Waals surface area (Å²) in [6.45, 7) is 4.23. The minimum absolute atomic E-state index is 0.0506. The fraction of sp³-hybridized carbons (Fsp3) is 0.444. The maximum Gasteiger partial charge on any atom is 0.243 e. The Labute approximate surface area is 67.7 Å². The Morgan fingerprint density at radius 2 is 2.36 bits per heavy atom. The van der Waals surface area contributed by atoms with Crippen molar-refractivity contribution >= 4 is 5.91 Å². The summed E-state index contributed by atoms with van der Waals surface area (Å²) in [5, 5.41) is 2.69. The molecule has 0 rings (SSSR count). The van der Waals surface area contributed by atoms with Crippen LogP contribution in [0.2, 0.25) is 0 Å². The summed E-state index contributed by atoms with van der Waals surface area (Å²) in [4.78, 5) is 10.8. The predicted octanol–water partition coefficient (Wildman–Crippen LogP) is 1.09. The van der Waals surface area contributed by atoms with Gasteiger partial charge in [0.05, 0.1) is 0 Å². The molecule has 2 nitrogen and oxygen atoms in total. The number of amides is 1. The molecule has 0 spiro atoms. The van der Waals surface area contributed by atoms with Crippen molar-refractivity contribution in [1.82, 2.24) is 5.32 Å². The monoisotopic (exact) mass is 151 g/mol. The van der Waals surface area contributed by atoms with Crippen LogP contribution < -0.4 is 5.32 Å². The normalized spacial score (nSPS) is 8.91. The van der Waals surface area contributed by atoms with E-state index in [1.165, 1.54) is 6.08 Å². The molecule has 1 N–H and O–H groups in total. The summed E-state index contributed by atoms with van der Waals surface area (Å²) in [5.74, 6) is 5.56. The van der Waals surface area contributed by atoms with Crippen LogP contribution >= 0.6 is 0 Å². The van der Waals surface area contributed by atoms with Gasteiger partial charge in [0.2, 0.25) is 5.91 Å². The number of hydrogen-bond donors (Lipinski definition) is 1. The van der Waals surface area contributed by atoms with Crippen molar-refractivity contribution in [2.75, 3.05) is 6.54 Å². The molecule has 0 atom stereocenters. The van der Waals surface area contributed by atoms with E-state index in [-0.39, 0.29) is 5.91 Å². The van der Waals surface area contributed by atoms with E-state index in [4.69, 9.17) is 0 Å². The molecule has 0 saturated heterocycles. The average Bonchev–Trinajstić information content (AvgIpc) is 1.99. The first-order chi connectivity index (χ1) is 5.31. The molecule has 0 aromatic carbocycles. The lowest BCUT2D eigenvalue weighted by Gasteiger charge is -1.95. The second-order valence-electron chi connectivity index (χ2n) is 1.97. The van der Waals surface area contributed by atoms with Crippen molar-refractivity contribution < 1.29 is 4.79 Å². The van der Waals surface area contributed by atoms with Crippen molar-refractivity contribution in [1.29, 1.82) is 0 Å². The zero-order chi connectivity index (χ0) is 8.53. The molecule has 60 valence electrons. The minimum Gasteiger partial charge on any atom is -0.352 e. The van der Waals surface area contributed by atoms with E-state index in [2.05, 4.69) is 17.2 Å². The highest BCUT2D eigenvalue weighted by atomic mass is 16.1. The zero-order valence-electron chi connectivity index (χ0n) is 6.98. The molecule has 0 aliphatic rings. The van der Waals surface area contributed by atoms with E-state index < -0.39 is 0 Å². The fourth-order valence-corrected chi connectivity index (χ4v) is 0.584. The van der Waals surface area contributed by atoms with Gasteiger partial charge in [-0.3, -0.25) is 4.79 Å². The van der Waals surface area contributed by atoms with Crippen LogP contribution in [-0.4, -0.2) is 12.5 Å². The Morgan fingerprint density at radius 3 is 2.91 bits per heavy atom. The number of rotatable bonds is 3. The molecule has 1 amide bonds. The standard InChI is InChI=1S/C9H13NO/c1-3-5-6-8-10-9(11)7-4-2/h4,7H,6,8H2,1-2H3,(H,10,11)/b7-4+. The summed E-state index contributed by atoms with van der Waals surface area (Å²) >= 11 is 0. The van der Waals surface area contributed by atoms with Crippen molar-refractivity contribution in [3.63, 3.8) is 0 Å². The SMILES string of the molecule is CC#CCCNC(=O)/C=C/C. The molecule has 0 saturated carbocycles. The van der Waals surface area contributed by atoms with Crippen LogP contribution in [0.5, 0.6) is 0 Å². The Hall–Kier alpha value is -1.23. The molecule has 0 fully saturated rings. The van der Waals surface area contributed by atoms with Gasteiger partial charge in [-0.2, -0.15) is 0 Å². The lowest BCUT2D eigenvalue weighted by molar-refractivity contribution is -0.116. The molecule has 0 aromatic rings. The summed E-state index contributed by atoms with van der Waals surface area (Å²) in [6.07, 6.45) is 3.93. The quantitative estimate of drug-likeness (QED) is 0.365. The largest absolute Gasteiger partial charge is 0.352 e. The first-order valence-corrected chi connectivity index (χ1v) is 3.61. The third-order valence-electron chi connectivity index (χ3n) is 1.04. The van der Waals surface area contributed by atoms with Crippen molar-refractivity contribution in [2.24, 2.45) is 0 Å². The van der Waals surface area contributed by atoms with Gasteiger partial charge in [-0.05, 0) is 19.9 Å². The van der Waals surface area contributed by atoms with Gasteiger partial charge in [0.25, 0.3) is 0 Å². The number of carbonyl (C=O) groups is 1. The predicted molar refractivity (Wildman–Crippen MR) is 45.9 cm³/mol. The smallest absolute Gasteiger partial charge is 0.243 e. The first-order valence-electron chi connectivity index (χ1n) is 3.61. The Bertz CT molecular complexity index is 195. The second-order valence-corrected chi connectivity index (χ2v) is 1.97. The van der Waals surface area contributed by atoms with Crippen LogP contribution in [0, 0.1) is 11.8 Å². The van der Waals surface area contributed by atoms with Gasteiger partial charge in [0.15, 0.2) is 0 Å². The van der Waals surface area contributed by atoms with Crippen LogP contribution in [-0.2, 0) is 4.79 Å². The maximum absolute atomic E-state index is 10.8. The molecule has 0 bridgehead atoms. The van der Waals surface area contributed by atoms with E-state index >= 15 is 0 Å². The molecule has 2 heteroatoms. The second kappa shape index (κ2) is 6.88. The van der Waals surface area contributed by atoms with Crippen LogP contribution in [0.3, 0.4) is 0 Å². The highest BCUT2D eigenvalue weighted by molar-refractivity contribution is 5.87. The third kappa shape index (κ3) is 6.66. The van der Waals surface area contributed by atoms with Crippen molar-refractivity contribution in [2.45, 2.75) is 20.3 Å². The summed E-state index contributed by atoms with van der Waals surface area (Å²) in [5.41, 5.74) is 0. The van der Waals surface area contributed by atoms with E-state index in [1.54, 1.807) is 13.0 Å². The van der Waals surface area contributed by atoms with E-state index in [0.717, 1.165) is 6.42 Å². The van der Waals surface area contributed by atoms with Gasteiger partial charge in [-0.1, -0.05) is 6.08 Å². The Balaban J connectivity index is 3.36. The maximum atomic E-state index is 10.8. The van der Waals surface area contributed by atoms with Gasteiger partial charge < -0.3 is 5.32 Å². The van der Waals surface area contributed by atoms with Gasteiger partial charge in [0.1, 0.15) is 0 Å². The van der Waals surface area contributed by atoms with Crippen LogP contribution in [0.4, 0.5) is 0 Å². The summed E-state index contributed by atoms with van der Waals surface area (Å²) in [7, 11) is 0. The van der Waals surface area contributed by atoms with Crippen LogP contribution in [0.25, 0.3) is 0 Å². The van der Waals surface area contributed by atoms with Crippen LogP contribution in [0.15, 0.2) is 12.2 Å². The number of allylic oxidation sites excluding steroid dienone is 1. The number of nitrogens with one attached hydrogen (secondary N) is 1. The minimum atomic E-state index is -0.0506. The van der Waals surface area contributed by atoms with Gasteiger partial charge in [0, 0.05) is 13.0 Å². The Kier molecular flexibility index (Phi) is 6.11. The average molecular weight is 151 g/mol. The molecule has 11 heavy (non-hydrogen) atoms. The molecule has 0 heterocycles. The molecule has 0 unspecified atom stereocenters. The topological polar surface area (TPSA) is 29.1 Å². The third-order valence-corrected chi connectivity index (χ3v) is 1.04. The van der Waals surface area contributed by atoms with E-state index in [0.29, 0.717) is 6.54 Å². The summed E-state index contributed by atoms with van der Waals surface area (Å²) in [6, 6.07) is 0. The van der Waals surface area contributed by atoms with Crippen molar-refractivity contribution in [3.8, 4) is 11.8 Å². The molecule has 0 aliphatic carbocycles. The molecule has 0 radical (unpaired) electrons. The molecular weight excluding hydrogens is 138 g/mol. The fourth-order valence-electron chi connectivity index (χ4n) is 0.584. The van der Waals surface area contributed by atoms with Gasteiger partial charge in [-0.15, -0.1) is 11.8 Å². The highest BCUT2D eigenvalue weighted by Gasteiger charge is 1.89. The first kappa shape index (κ1) is 9.77. The van der Waals surface area contributed by atoms with Gasteiger partial charge >= 0.3 is 0 Å². The molecule has 0 aliphatic heterocycles.